The number of rotatable bonds is 9. The fourth-order valence-corrected chi connectivity index (χ4v) is 4.16. The number of nitrogens with one attached hydrogen (secondary N) is 1. The lowest BCUT2D eigenvalue weighted by atomic mass is 10.1. The maximum absolute atomic E-state index is 12.8. The second kappa shape index (κ2) is 9.37. The van der Waals surface area contributed by atoms with E-state index < -0.39 is 26.9 Å². The summed E-state index contributed by atoms with van der Waals surface area (Å²) in [6.45, 7) is 1.81. The van der Waals surface area contributed by atoms with Crippen LogP contribution in [-0.2, 0) is 21.4 Å². The van der Waals surface area contributed by atoms with Crippen LogP contribution in [0, 0.1) is 10.1 Å². The number of anilines is 1. The number of nitro benzene ring substituents is 1. The largest absolute Gasteiger partial charge is 0.496 e. The minimum Gasteiger partial charge on any atom is -0.496 e. The zero-order valence-electron chi connectivity index (χ0n) is 16.4. The number of methoxy groups -OCH3 is 1. The van der Waals surface area contributed by atoms with Crippen LogP contribution >= 0.6 is 0 Å². The van der Waals surface area contributed by atoms with Crippen LogP contribution in [0.15, 0.2) is 48.5 Å². The van der Waals surface area contributed by atoms with E-state index in [-0.39, 0.29) is 24.3 Å². The van der Waals surface area contributed by atoms with E-state index in [4.69, 9.17) is 4.74 Å². The Balaban J connectivity index is 2.32. The first-order chi connectivity index (χ1) is 13.7. The van der Waals surface area contributed by atoms with Gasteiger partial charge in [0.1, 0.15) is 11.8 Å². The lowest BCUT2D eigenvalue weighted by molar-refractivity contribution is -0.384. The first-order valence-corrected chi connectivity index (χ1v) is 10.7. The van der Waals surface area contributed by atoms with Gasteiger partial charge < -0.3 is 10.1 Å². The summed E-state index contributed by atoms with van der Waals surface area (Å²) >= 11 is 0. The highest BCUT2D eigenvalue weighted by molar-refractivity contribution is 7.92. The molecule has 1 amide bonds. The van der Waals surface area contributed by atoms with Gasteiger partial charge in [-0.2, -0.15) is 0 Å². The van der Waals surface area contributed by atoms with Gasteiger partial charge in [0, 0.05) is 24.2 Å². The van der Waals surface area contributed by atoms with E-state index in [2.05, 4.69) is 5.32 Å². The number of ether oxygens (including phenoxy) is 1. The molecule has 0 saturated heterocycles. The lowest BCUT2D eigenvalue weighted by Crippen LogP contribution is -2.49. The van der Waals surface area contributed by atoms with Crippen molar-refractivity contribution in [3.05, 3.63) is 64.2 Å². The Morgan fingerprint density at radius 1 is 1.24 bits per heavy atom. The van der Waals surface area contributed by atoms with Crippen LogP contribution in [0.4, 0.5) is 11.4 Å². The fourth-order valence-electron chi connectivity index (χ4n) is 2.95. The highest BCUT2D eigenvalue weighted by Gasteiger charge is 2.32. The van der Waals surface area contributed by atoms with Crippen molar-refractivity contribution in [1.29, 1.82) is 0 Å². The van der Waals surface area contributed by atoms with Gasteiger partial charge in [0.25, 0.3) is 5.69 Å². The molecular weight excluding hydrogens is 398 g/mol. The zero-order valence-corrected chi connectivity index (χ0v) is 17.2. The van der Waals surface area contributed by atoms with Crippen molar-refractivity contribution >= 4 is 27.3 Å². The molecule has 0 bridgehead atoms. The Morgan fingerprint density at radius 2 is 1.93 bits per heavy atom. The first-order valence-electron chi connectivity index (χ1n) is 8.82. The molecule has 0 aliphatic heterocycles. The van der Waals surface area contributed by atoms with Crippen LogP contribution in [-0.4, -0.2) is 38.7 Å². The molecule has 0 radical (unpaired) electrons. The molecule has 0 aliphatic rings. The summed E-state index contributed by atoms with van der Waals surface area (Å²) in [7, 11) is -2.37. The van der Waals surface area contributed by atoms with Gasteiger partial charge in [-0.25, -0.2) is 8.42 Å². The molecule has 10 heteroatoms. The molecule has 1 N–H and O–H groups in total. The summed E-state index contributed by atoms with van der Waals surface area (Å²) in [6, 6.07) is 11.3. The third kappa shape index (κ3) is 5.44. The number of carbonyl (C=O) groups excluding carboxylic acids is 1. The Bertz CT molecular complexity index is 993. The van der Waals surface area contributed by atoms with Crippen molar-refractivity contribution in [2.24, 2.45) is 0 Å². The monoisotopic (exact) mass is 421 g/mol. The van der Waals surface area contributed by atoms with Crippen LogP contribution in [0.5, 0.6) is 5.75 Å². The van der Waals surface area contributed by atoms with E-state index in [0.717, 1.165) is 22.2 Å². The molecule has 0 unspecified atom stereocenters. The minimum atomic E-state index is -3.89. The number of hydrogen-bond acceptors (Lipinski definition) is 6. The standard InChI is InChI=1S/C19H23N3O6S/c1-4-17(19(23)20-13-14-8-5-6-11-18(14)28-2)21(29(3,26)27)15-9-7-10-16(12-15)22(24)25/h5-12,17H,4,13H2,1-3H3,(H,20,23)/t17-/m1/s1. The molecule has 1 atom stereocenters. The molecule has 29 heavy (non-hydrogen) atoms. The third-order valence-electron chi connectivity index (χ3n) is 4.27. The quantitative estimate of drug-likeness (QED) is 0.491. The highest BCUT2D eigenvalue weighted by Crippen LogP contribution is 2.26. The van der Waals surface area contributed by atoms with Gasteiger partial charge in [0.15, 0.2) is 0 Å². The summed E-state index contributed by atoms with van der Waals surface area (Å²) in [5, 5.41) is 13.8. The van der Waals surface area contributed by atoms with Crippen molar-refractivity contribution < 1.29 is 22.9 Å². The van der Waals surface area contributed by atoms with Crippen molar-refractivity contribution in [1.82, 2.24) is 5.32 Å². The molecule has 0 heterocycles. The average molecular weight is 421 g/mol. The molecule has 2 aromatic rings. The number of non-ortho nitro benzene ring substituents is 1. The number of carbonyl (C=O) groups is 1. The van der Waals surface area contributed by atoms with E-state index in [1.54, 1.807) is 31.2 Å². The molecule has 0 aromatic heterocycles. The highest BCUT2D eigenvalue weighted by atomic mass is 32.2. The predicted octanol–water partition coefficient (Wildman–Crippen LogP) is 2.46. The van der Waals surface area contributed by atoms with Crippen LogP contribution in [0.1, 0.15) is 18.9 Å². The van der Waals surface area contributed by atoms with Gasteiger partial charge in [-0.15, -0.1) is 0 Å². The van der Waals surface area contributed by atoms with Crippen molar-refractivity contribution in [2.45, 2.75) is 25.9 Å². The van der Waals surface area contributed by atoms with E-state index >= 15 is 0 Å². The molecule has 9 nitrogen and oxygen atoms in total. The molecule has 2 rings (SSSR count). The van der Waals surface area contributed by atoms with E-state index in [1.165, 1.54) is 25.3 Å². The van der Waals surface area contributed by atoms with Gasteiger partial charge in [0.2, 0.25) is 15.9 Å². The van der Waals surface area contributed by atoms with Crippen molar-refractivity contribution in [3.63, 3.8) is 0 Å². The van der Waals surface area contributed by atoms with Crippen LogP contribution in [0.25, 0.3) is 0 Å². The summed E-state index contributed by atoms with van der Waals surface area (Å²) in [5.74, 6) is 0.0786. The van der Waals surface area contributed by atoms with Gasteiger partial charge >= 0.3 is 0 Å². The summed E-state index contributed by atoms with van der Waals surface area (Å²) < 4.78 is 31.1. The summed E-state index contributed by atoms with van der Waals surface area (Å²) in [4.78, 5) is 23.3. The fraction of sp³-hybridized carbons (Fsp3) is 0.316. The molecular formula is C19H23N3O6S. The first kappa shape index (κ1) is 22.2. The number of amides is 1. The number of nitro groups is 1. The Kier molecular flexibility index (Phi) is 7.16. The number of sulfonamides is 1. The number of hydrogen-bond donors (Lipinski definition) is 1. The Labute approximate surface area is 169 Å². The summed E-state index contributed by atoms with van der Waals surface area (Å²) in [6.07, 6.45) is 1.13. The van der Waals surface area contributed by atoms with E-state index in [9.17, 15) is 23.3 Å². The molecule has 0 spiro atoms. The van der Waals surface area contributed by atoms with Crippen LogP contribution in [0.2, 0.25) is 0 Å². The predicted molar refractivity (Wildman–Crippen MR) is 109 cm³/mol. The molecule has 0 aliphatic carbocycles. The minimum absolute atomic E-state index is 0.0565. The zero-order chi connectivity index (χ0) is 21.6. The Morgan fingerprint density at radius 3 is 2.52 bits per heavy atom. The number of nitrogens with zero attached hydrogens (tertiary/aromatic N) is 2. The molecule has 0 fully saturated rings. The van der Waals surface area contributed by atoms with Crippen LogP contribution < -0.4 is 14.4 Å². The lowest BCUT2D eigenvalue weighted by Gasteiger charge is -2.30. The second-order valence-corrected chi connectivity index (χ2v) is 8.15. The van der Waals surface area contributed by atoms with E-state index in [1.807, 2.05) is 0 Å². The van der Waals surface area contributed by atoms with Gasteiger partial charge in [-0.3, -0.25) is 19.2 Å². The van der Waals surface area contributed by atoms with Crippen molar-refractivity contribution in [3.8, 4) is 5.75 Å². The second-order valence-electron chi connectivity index (χ2n) is 6.29. The van der Waals surface area contributed by atoms with Gasteiger partial charge in [-0.1, -0.05) is 31.2 Å². The summed E-state index contributed by atoms with van der Waals surface area (Å²) in [5.41, 5.74) is 0.529. The average Bonchev–Trinajstić information content (AvgIpc) is 2.69. The van der Waals surface area contributed by atoms with Gasteiger partial charge in [0.05, 0.1) is 24.0 Å². The maximum atomic E-state index is 12.8. The maximum Gasteiger partial charge on any atom is 0.271 e. The van der Waals surface area contributed by atoms with Crippen molar-refractivity contribution in [2.75, 3.05) is 17.7 Å². The SMILES string of the molecule is CC[C@H](C(=O)NCc1ccccc1OC)N(c1cccc([N+](=O)[O-])c1)S(C)(=O)=O. The third-order valence-corrected chi connectivity index (χ3v) is 5.45. The van der Waals surface area contributed by atoms with Gasteiger partial charge in [-0.05, 0) is 18.6 Å². The number of benzene rings is 2. The molecule has 156 valence electrons. The van der Waals surface area contributed by atoms with Crippen LogP contribution in [0.3, 0.4) is 0 Å². The molecule has 0 saturated carbocycles. The smallest absolute Gasteiger partial charge is 0.271 e. The topological polar surface area (TPSA) is 119 Å². The number of para-hydroxylation sites is 1. The normalized spacial score (nSPS) is 12.1. The van der Waals surface area contributed by atoms with E-state index in [0.29, 0.717) is 5.75 Å². The molecule has 2 aromatic carbocycles. The Hall–Kier alpha value is -3.14.